The summed E-state index contributed by atoms with van der Waals surface area (Å²) in [5.41, 5.74) is 11.4. The fraction of sp³-hybridized carbons (Fsp3) is 0.737. The molecule has 0 aliphatic rings. The zero-order valence-electron chi connectivity index (χ0n) is 18.4. The summed E-state index contributed by atoms with van der Waals surface area (Å²) < 4.78 is 0. The van der Waals surface area contributed by atoms with Gasteiger partial charge >= 0.3 is 11.9 Å². The summed E-state index contributed by atoms with van der Waals surface area (Å²) in [5, 5.41) is 25.1. The molecule has 32 heavy (non-hydrogen) atoms. The highest BCUT2D eigenvalue weighted by molar-refractivity contribution is 7.80. The zero-order valence-corrected chi connectivity index (χ0v) is 19.3. The van der Waals surface area contributed by atoms with Crippen molar-refractivity contribution in [2.75, 3.05) is 12.3 Å². The zero-order chi connectivity index (χ0) is 24.8. The van der Waals surface area contributed by atoms with Gasteiger partial charge in [0.25, 0.3) is 0 Å². The van der Waals surface area contributed by atoms with Crippen molar-refractivity contribution in [3.8, 4) is 0 Å². The van der Waals surface area contributed by atoms with E-state index in [0.717, 1.165) is 0 Å². The number of carbonyl (C=O) groups is 5. The number of carboxylic acids is 2. The van der Waals surface area contributed by atoms with Crippen LogP contribution in [0, 0.1) is 5.92 Å². The molecule has 5 atom stereocenters. The van der Waals surface area contributed by atoms with Crippen LogP contribution in [0.3, 0.4) is 0 Å². The van der Waals surface area contributed by atoms with E-state index in [2.05, 4.69) is 28.6 Å². The molecule has 0 radical (unpaired) electrons. The van der Waals surface area contributed by atoms with Crippen molar-refractivity contribution in [2.45, 2.75) is 70.1 Å². The summed E-state index contributed by atoms with van der Waals surface area (Å²) in [5.74, 6) is -5.45. The second-order valence-corrected chi connectivity index (χ2v) is 7.86. The molecule has 0 aromatic carbocycles. The lowest BCUT2D eigenvalue weighted by Gasteiger charge is -2.25. The van der Waals surface area contributed by atoms with Crippen molar-refractivity contribution in [1.82, 2.24) is 16.0 Å². The second kappa shape index (κ2) is 15.4. The van der Waals surface area contributed by atoms with Crippen molar-refractivity contribution in [3.05, 3.63) is 0 Å². The highest BCUT2D eigenvalue weighted by Gasteiger charge is 2.31. The third-order valence-corrected chi connectivity index (χ3v) is 5.31. The molecule has 9 N–H and O–H groups in total. The minimum Gasteiger partial charge on any atom is -0.481 e. The highest BCUT2D eigenvalue weighted by Crippen LogP contribution is 2.08. The summed E-state index contributed by atoms with van der Waals surface area (Å²) in [4.78, 5) is 60.0. The van der Waals surface area contributed by atoms with Gasteiger partial charge in [0.1, 0.15) is 18.1 Å². The molecule has 3 amide bonds. The Morgan fingerprint density at radius 3 is 1.91 bits per heavy atom. The molecule has 13 heteroatoms. The van der Waals surface area contributed by atoms with Crippen molar-refractivity contribution in [3.63, 3.8) is 0 Å². The van der Waals surface area contributed by atoms with Gasteiger partial charge in [0.05, 0.1) is 12.5 Å². The SMILES string of the molecule is CCC(C)C(N)C(=O)NC(CCCCN)C(=O)NC(CC(=O)O)C(=O)NC(CS)C(=O)O. The topological polar surface area (TPSA) is 214 Å². The minimum atomic E-state index is -1.56. The molecule has 0 bridgehead atoms. The first kappa shape index (κ1) is 29.6. The van der Waals surface area contributed by atoms with Crippen molar-refractivity contribution >= 4 is 42.3 Å². The van der Waals surface area contributed by atoms with Crippen molar-refractivity contribution < 1.29 is 34.2 Å². The second-order valence-electron chi connectivity index (χ2n) is 7.50. The Morgan fingerprint density at radius 2 is 1.44 bits per heavy atom. The van der Waals surface area contributed by atoms with E-state index in [1.54, 1.807) is 6.92 Å². The number of thiol groups is 1. The van der Waals surface area contributed by atoms with Gasteiger partial charge in [0, 0.05) is 5.75 Å². The predicted molar refractivity (Wildman–Crippen MR) is 120 cm³/mol. The van der Waals surface area contributed by atoms with Crippen LogP contribution >= 0.6 is 12.6 Å². The average molecular weight is 478 g/mol. The smallest absolute Gasteiger partial charge is 0.327 e. The lowest BCUT2D eigenvalue weighted by molar-refractivity contribution is -0.143. The molecule has 0 aliphatic carbocycles. The van der Waals surface area contributed by atoms with Gasteiger partial charge in [-0.2, -0.15) is 12.6 Å². The lowest BCUT2D eigenvalue weighted by atomic mass is 9.98. The average Bonchev–Trinajstić information content (AvgIpc) is 2.74. The van der Waals surface area contributed by atoms with Crippen LogP contribution in [0.25, 0.3) is 0 Å². The van der Waals surface area contributed by atoms with Crippen molar-refractivity contribution in [1.29, 1.82) is 0 Å². The summed E-state index contributed by atoms with van der Waals surface area (Å²) in [6.45, 7) is 4.04. The number of rotatable bonds is 16. The number of carbonyl (C=O) groups excluding carboxylic acids is 3. The minimum absolute atomic E-state index is 0.137. The Bertz CT molecular complexity index is 664. The van der Waals surface area contributed by atoms with E-state index in [0.29, 0.717) is 25.8 Å². The molecule has 184 valence electrons. The van der Waals surface area contributed by atoms with Gasteiger partial charge in [0.15, 0.2) is 0 Å². The van der Waals surface area contributed by atoms with Crippen LogP contribution < -0.4 is 27.4 Å². The molecule has 0 saturated carbocycles. The van der Waals surface area contributed by atoms with Crippen LogP contribution in [-0.2, 0) is 24.0 Å². The van der Waals surface area contributed by atoms with Crippen LogP contribution in [0.5, 0.6) is 0 Å². The molecule has 12 nitrogen and oxygen atoms in total. The molecule has 0 saturated heterocycles. The van der Waals surface area contributed by atoms with E-state index in [1.807, 2.05) is 6.92 Å². The van der Waals surface area contributed by atoms with E-state index in [9.17, 15) is 24.0 Å². The highest BCUT2D eigenvalue weighted by atomic mass is 32.1. The third kappa shape index (κ3) is 10.8. The maximum Gasteiger partial charge on any atom is 0.327 e. The Hall–Kier alpha value is -2.38. The number of unbranched alkanes of at least 4 members (excludes halogenated alkanes) is 1. The van der Waals surface area contributed by atoms with Crippen molar-refractivity contribution in [2.24, 2.45) is 17.4 Å². The van der Waals surface area contributed by atoms with Gasteiger partial charge in [0.2, 0.25) is 17.7 Å². The molecular weight excluding hydrogens is 442 g/mol. The van der Waals surface area contributed by atoms with E-state index in [-0.39, 0.29) is 18.1 Å². The summed E-state index contributed by atoms with van der Waals surface area (Å²) in [7, 11) is 0. The van der Waals surface area contributed by atoms with Crippen LogP contribution in [0.4, 0.5) is 0 Å². The van der Waals surface area contributed by atoms with Gasteiger partial charge in [-0.3, -0.25) is 19.2 Å². The number of nitrogens with two attached hydrogens (primary N) is 2. The third-order valence-electron chi connectivity index (χ3n) is 4.95. The monoisotopic (exact) mass is 477 g/mol. The Kier molecular flexibility index (Phi) is 14.3. The van der Waals surface area contributed by atoms with Gasteiger partial charge in [-0.15, -0.1) is 0 Å². The molecule has 0 fully saturated rings. The summed E-state index contributed by atoms with van der Waals surface area (Å²) in [6, 6.07) is -4.85. The van der Waals surface area contributed by atoms with Crippen LogP contribution in [-0.4, -0.2) is 76.3 Å². The fourth-order valence-corrected chi connectivity index (χ4v) is 2.90. The number of nitrogens with one attached hydrogen (secondary N) is 3. The molecule has 0 aromatic heterocycles. The summed E-state index contributed by atoms with van der Waals surface area (Å²) >= 11 is 3.83. The fourth-order valence-electron chi connectivity index (χ4n) is 2.66. The van der Waals surface area contributed by atoms with E-state index >= 15 is 0 Å². The molecular formula is C19H35N5O7S. The standard InChI is InChI=1S/C19H35N5O7S/c1-3-10(2)15(21)18(29)22-11(6-4-5-7-20)16(27)23-12(8-14(25)26)17(28)24-13(9-32)19(30)31/h10-13,15,32H,3-9,20-21H2,1-2H3,(H,22,29)(H,23,27)(H,24,28)(H,25,26)(H,30,31). The lowest BCUT2D eigenvalue weighted by Crippen LogP contribution is -2.58. The molecule has 0 heterocycles. The normalized spacial score (nSPS) is 15.5. The van der Waals surface area contributed by atoms with E-state index in [4.69, 9.17) is 21.7 Å². The van der Waals surface area contributed by atoms with Gasteiger partial charge in [-0.1, -0.05) is 20.3 Å². The molecule has 0 aliphatic heterocycles. The van der Waals surface area contributed by atoms with Crippen LogP contribution in [0.1, 0.15) is 46.0 Å². The van der Waals surface area contributed by atoms with Gasteiger partial charge in [-0.05, 0) is 31.7 Å². The van der Waals surface area contributed by atoms with E-state index < -0.39 is 60.2 Å². The Morgan fingerprint density at radius 1 is 0.906 bits per heavy atom. The maximum atomic E-state index is 12.8. The number of amides is 3. The molecule has 0 aromatic rings. The van der Waals surface area contributed by atoms with Crippen LogP contribution in [0.15, 0.2) is 0 Å². The molecule has 5 unspecified atom stereocenters. The van der Waals surface area contributed by atoms with Crippen LogP contribution in [0.2, 0.25) is 0 Å². The molecule has 0 spiro atoms. The first-order chi connectivity index (χ1) is 15.0. The number of hydrogen-bond acceptors (Lipinski definition) is 8. The first-order valence-corrected chi connectivity index (χ1v) is 11.0. The largest absolute Gasteiger partial charge is 0.481 e. The number of hydrogen-bond donors (Lipinski definition) is 8. The predicted octanol–water partition coefficient (Wildman–Crippen LogP) is -1.57. The summed E-state index contributed by atoms with van der Waals surface area (Å²) in [6.07, 6.45) is 1.13. The number of aliphatic carboxylic acids is 2. The molecule has 0 rings (SSSR count). The van der Waals surface area contributed by atoms with E-state index in [1.165, 1.54) is 0 Å². The number of carboxylic acid groups (broad SMARTS) is 2. The van der Waals surface area contributed by atoms with Gasteiger partial charge < -0.3 is 37.6 Å². The Balaban J connectivity index is 5.47. The first-order valence-electron chi connectivity index (χ1n) is 10.4. The maximum absolute atomic E-state index is 12.8. The van der Waals surface area contributed by atoms with Gasteiger partial charge in [-0.25, -0.2) is 4.79 Å². The quantitative estimate of drug-likeness (QED) is 0.0950. The Labute approximate surface area is 192 Å².